The number of rotatable bonds is 5. The highest BCUT2D eigenvalue weighted by Crippen LogP contribution is 2.21. The van der Waals surface area contributed by atoms with Gasteiger partial charge in [-0.25, -0.2) is 13.1 Å². The Morgan fingerprint density at radius 2 is 1.81 bits per heavy atom. The summed E-state index contributed by atoms with van der Waals surface area (Å²) in [6.45, 7) is 5.83. The van der Waals surface area contributed by atoms with Crippen molar-refractivity contribution in [2.75, 3.05) is 12.3 Å². The van der Waals surface area contributed by atoms with E-state index in [0.717, 1.165) is 16.7 Å². The Morgan fingerprint density at radius 3 is 2.33 bits per heavy atom. The molecule has 0 aliphatic rings. The van der Waals surface area contributed by atoms with Crippen molar-refractivity contribution in [2.45, 2.75) is 32.1 Å². The summed E-state index contributed by atoms with van der Waals surface area (Å²) in [4.78, 5) is 0.352. The molecule has 0 fully saturated rings. The number of benzene rings is 1. The monoisotopic (exact) mass is 326 g/mol. The van der Waals surface area contributed by atoms with Crippen LogP contribution >= 0.6 is 11.3 Å². The summed E-state index contributed by atoms with van der Waals surface area (Å²) in [7, 11) is -3.53. The number of nitrogens with two attached hydrogens (primary N) is 1. The van der Waals surface area contributed by atoms with Gasteiger partial charge in [-0.05, 0) is 31.9 Å². The first kappa shape index (κ1) is 15.9. The molecule has 0 spiro atoms. The van der Waals surface area contributed by atoms with Gasteiger partial charge >= 0.3 is 0 Å². The third-order valence-electron chi connectivity index (χ3n) is 2.99. The van der Waals surface area contributed by atoms with Crippen LogP contribution in [0, 0.1) is 20.8 Å². The SMILES string of the molecule is Cc1cc(C)c(S(=O)(=O)NCCc2nnc(N)s2)c(C)c1. The Hall–Kier alpha value is -1.51. The zero-order valence-electron chi connectivity index (χ0n) is 12.2. The van der Waals surface area contributed by atoms with Gasteiger partial charge in [-0.1, -0.05) is 29.0 Å². The lowest BCUT2D eigenvalue weighted by Crippen LogP contribution is -2.27. The van der Waals surface area contributed by atoms with Gasteiger partial charge in [0.2, 0.25) is 15.2 Å². The summed E-state index contributed by atoms with van der Waals surface area (Å²) < 4.78 is 27.4. The van der Waals surface area contributed by atoms with E-state index in [0.29, 0.717) is 21.5 Å². The van der Waals surface area contributed by atoms with Crippen molar-refractivity contribution in [3.8, 4) is 0 Å². The largest absolute Gasteiger partial charge is 0.374 e. The first-order valence-electron chi connectivity index (χ1n) is 6.45. The lowest BCUT2D eigenvalue weighted by Gasteiger charge is -2.12. The number of nitrogens with zero attached hydrogens (tertiary/aromatic N) is 2. The molecular weight excluding hydrogens is 308 g/mol. The Bertz CT molecular complexity index is 730. The van der Waals surface area contributed by atoms with E-state index in [-0.39, 0.29) is 6.54 Å². The van der Waals surface area contributed by atoms with E-state index in [1.54, 1.807) is 13.8 Å². The minimum Gasteiger partial charge on any atom is -0.374 e. The highest BCUT2D eigenvalue weighted by molar-refractivity contribution is 7.89. The van der Waals surface area contributed by atoms with Gasteiger partial charge in [-0.3, -0.25) is 0 Å². The fourth-order valence-corrected chi connectivity index (χ4v) is 4.41. The van der Waals surface area contributed by atoms with Gasteiger partial charge in [-0.15, -0.1) is 10.2 Å². The molecule has 0 aliphatic heterocycles. The summed E-state index contributed by atoms with van der Waals surface area (Å²) in [5.74, 6) is 0. The quantitative estimate of drug-likeness (QED) is 0.869. The maximum absolute atomic E-state index is 12.4. The number of nitrogens with one attached hydrogen (secondary N) is 1. The molecule has 3 N–H and O–H groups in total. The lowest BCUT2D eigenvalue weighted by atomic mass is 10.1. The predicted molar refractivity (Wildman–Crippen MR) is 83.9 cm³/mol. The summed E-state index contributed by atoms with van der Waals surface area (Å²) >= 11 is 1.26. The van der Waals surface area contributed by atoms with E-state index < -0.39 is 10.0 Å². The summed E-state index contributed by atoms with van der Waals surface area (Å²) in [5, 5.41) is 8.66. The molecule has 0 unspecified atom stereocenters. The molecule has 0 saturated heterocycles. The van der Waals surface area contributed by atoms with Crippen molar-refractivity contribution in [2.24, 2.45) is 0 Å². The second-order valence-corrected chi connectivity index (χ2v) is 7.71. The number of aromatic nitrogens is 2. The molecule has 0 atom stereocenters. The maximum atomic E-state index is 12.4. The minimum absolute atomic E-state index is 0.268. The summed E-state index contributed by atoms with van der Waals surface area (Å²) in [5.41, 5.74) is 8.04. The maximum Gasteiger partial charge on any atom is 0.241 e. The van der Waals surface area contributed by atoms with Crippen molar-refractivity contribution in [3.63, 3.8) is 0 Å². The highest BCUT2D eigenvalue weighted by atomic mass is 32.2. The van der Waals surface area contributed by atoms with E-state index in [1.165, 1.54) is 11.3 Å². The van der Waals surface area contributed by atoms with Crippen LogP contribution in [-0.4, -0.2) is 25.2 Å². The summed E-state index contributed by atoms with van der Waals surface area (Å²) in [6.07, 6.45) is 0.470. The molecular formula is C13H18N4O2S2. The van der Waals surface area contributed by atoms with E-state index in [1.807, 2.05) is 19.1 Å². The molecule has 0 bridgehead atoms. The first-order valence-corrected chi connectivity index (χ1v) is 8.75. The average Bonchev–Trinajstić information content (AvgIpc) is 2.72. The van der Waals surface area contributed by atoms with Crippen LogP contribution in [0.4, 0.5) is 5.13 Å². The van der Waals surface area contributed by atoms with Crippen molar-refractivity contribution in [1.82, 2.24) is 14.9 Å². The van der Waals surface area contributed by atoms with Crippen LogP contribution in [0.2, 0.25) is 0 Å². The van der Waals surface area contributed by atoms with E-state index in [9.17, 15) is 8.42 Å². The van der Waals surface area contributed by atoms with Crippen molar-refractivity contribution >= 4 is 26.5 Å². The van der Waals surface area contributed by atoms with Gasteiger partial charge in [0.1, 0.15) is 5.01 Å². The molecule has 6 nitrogen and oxygen atoms in total. The molecule has 2 aromatic rings. The second kappa shape index (κ2) is 6.08. The van der Waals surface area contributed by atoms with Gasteiger partial charge in [0.05, 0.1) is 4.90 Å². The predicted octanol–water partition coefficient (Wildman–Crippen LogP) is 1.57. The van der Waals surface area contributed by atoms with Crippen LogP contribution in [0.1, 0.15) is 21.7 Å². The smallest absolute Gasteiger partial charge is 0.241 e. The fourth-order valence-electron chi connectivity index (χ4n) is 2.32. The van der Waals surface area contributed by atoms with Gasteiger partial charge < -0.3 is 5.73 Å². The Labute approximate surface area is 128 Å². The molecule has 21 heavy (non-hydrogen) atoms. The van der Waals surface area contributed by atoms with Crippen molar-refractivity contribution < 1.29 is 8.42 Å². The molecule has 8 heteroatoms. The normalized spacial score (nSPS) is 11.8. The standard InChI is InChI=1S/C13H18N4O2S2/c1-8-6-9(2)12(10(3)7-8)21(18,19)15-5-4-11-16-17-13(14)20-11/h6-7,15H,4-5H2,1-3H3,(H2,14,17). The number of hydrogen-bond acceptors (Lipinski definition) is 6. The number of aryl methyl sites for hydroxylation is 3. The molecule has 0 saturated carbocycles. The van der Waals surface area contributed by atoms with E-state index in [4.69, 9.17) is 5.73 Å². The lowest BCUT2D eigenvalue weighted by molar-refractivity contribution is 0.580. The molecule has 114 valence electrons. The van der Waals surface area contributed by atoms with Gasteiger partial charge in [0.25, 0.3) is 0 Å². The molecule has 1 aromatic carbocycles. The van der Waals surface area contributed by atoms with Gasteiger partial charge in [0, 0.05) is 13.0 Å². The third kappa shape index (κ3) is 3.78. The molecule has 0 radical (unpaired) electrons. The number of sulfonamides is 1. The molecule has 1 heterocycles. The van der Waals surface area contributed by atoms with E-state index >= 15 is 0 Å². The zero-order valence-corrected chi connectivity index (χ0v) is 13.8. The molecule has 2 rings (SSSR count). The third-order valence-corrected chi connectivity index (χ3v) is 5.56. The molecule has 1 aromatic heterocycles. The minimum atomic E-state index is -3.53. The molecule has 0 amide bonds. The van der Waals surface area contributed by atoms with Crippen molar-refractivity contribution in [1.29, 1.82) is 0 Å². The Kier molecular flexibility index (Phi) is 4.60. The Balaban J connectivity index is 2.12. The van der Waals surface area contributed by atoms with Gasteiger partial charge in [-0.2, -0.15) is 0 Å². The fraction of sp³-hybridized carbons (Fsp3) is 0.385. The number of anilines is 1. The first-order chi connectivity index (χ1) is 9.79. The van der Waals surface area contributed by atoms with Crippen LogP contribution in [0.3, 0.4) is 0 Å². The van der Waals surface area contributed by atoms with E-state index in [2.05, 4.69) is 14.9 Å². The van der Waals surface area contributed by atoms with Gasteiger partial charge in [0.15, 0.2) is 0 Å². The number of hydrogen-bond donors (Lipinski definition) is 2. The zero-order chi connectivity index (χ0) is 15.6. The topological polar surface area (TPSA) is 98.0 Å². The van der Waals surface area contributed by atoms with Crippen LogP contribution < -0.4 is 10.5 Å². The van der Waals surface area contributed by atoms with Crippen LogP contribution in [0.15, 0.2) is 17.0 Å². The van der Waals surface area contributed by atoms with Crippen LogP contribution in [-0.2, 0) is 16.4 Å². The highest BCUT2D eigenvalue weighted by Gasteiger charge is 2.19. The average molecular weight is 326 g/mol. The van der Waals surface area contributed by atoms with Crippen molar-refractivity contribution in [3.05, 3.63) is 33.8 Å². The number of nitrogen functional groups attached to an aromatic ring is 1. The molecule has 0 aliphatic carbocycles. The Morgan fingerprint density at radius 1 is 1.19 bits per heavy atom. The van der Waals surface area contributed by atoms with Crippen LogP contribution in [0.5, 0.6) is 0 Å². The summed E-state index contributed by atoms with van der Waals surface area (Å²) in [6, 6.07) is 3.74. The van der Waals surface area contributed by atoms with Crippen LogP contribution in [0.25, 0.3) is 0 Å². The second-order valence-electron chi connectivity index (χ2n) is 4.91.